The number of thiocarbonyl (C=S) groups is 1. The van der Waals surface area contributed by atoms with E-state index in [1.165, 1.54) is 4.80 Å². The molecule has 3 rings (SSSR count). The smallest absolute Gasteiger partial charge is 0.269 e. The lowest BCUT2D eigenvalue weighted by atomic mass is 10.0. The molecule has 1 heterocycles. The van der Waals surface area contributed by atoms with Gasteiger partial charge in [0.15, 0.2) is 5.11 Å². The molecular weight excluding hydrogens is 416 g/mol. The second-order valence-corrected chi connectivity index (χ2v) is 7.37. The SMILES string of the molecule is CC(C)Cn1nnc(NC(=S)NC(=O)c2cccc3c(Br)cccc23)n1. The van der Waals surface area contributed by atoms with E-state index in [1.807, 2.05) is 30.3 Å². The summed E-state index contributed by atoms with van der Waals surface area (Å²) < 4.78 is 0.927. The highest BCUT2D eigenvalue weighted by molar-refractivity contribution is 9.10. The van der Waals surface area contributed by atoms with E-state index in [2.05, 4.69) is 55.8 Å². The van der Waals surface area contributed by atoms with Crippen molar-refractivity contribution in [2.75, 3.05) is 5.32 Å². The number of hydrogen-bond donors (Lipinski definition) is 2. The van der Waals surface area contributed by atoms with Crippen molar-refractivity contribution in [1.29, 1.82) is 0 Å². The highest BCUT2D eigenvalue weighted by atomic mass is 79.9. The summed E-state index contributed by atoms with van der Waals surface area (Å²) in [7, 11) is 0. The molecule has 0 aliphatic carbocycles. The van der Waals surface area contributed by atoms with Crippen LogP contribution in [-0.4, -0.2) is 31.2 Å². The van der Waals surface area contributed by atoms with Crippen LogP contribution < -0.4 is 10.6 Å². The Labute approximate surface area is 164 Å². The molecule has 26 heavy (non-hydrogen) atoms. The average molecular weight is 433 g/mol. The maximum absolute atomic E-state index is 12.6. The molecule has 9 heteroatoms. The van der Waals surface area contributed by atoms with E-state index in [-0.39, 0.29) is 17.0 Å². The number of nitrogens with one attached hydrogen (secondary N) is 2. The quantitative estimate of drug-likeness (QED) is 0.614. The number of aromatic nitrogens is 4. The Morgan fingerprint density at radius 1 is 1.23 bits per heavy atom. The number of hydrogen-bond acceptors (Lipinski definition) is 5. The van der Waals surface area contributed by atoms with Gasteiger partial charge in [-0.2, -0.15) is 4.80 Å². The summed E-state index contributed by atoms with van der Waals surface area (Å²) in [6, 6.07) is 11.2. The van der Waals surface area contributed by atoms with Crippen molar-refractivity contribution in [1.82, 2.24) is 25.5 Å². The van der Waals surface area contributed by atoms with Crippen LogP contribution in [0.5, 0.6) is 0 Å². The zero-order valence-electron chi connectivity index (χ0n) is 14.2. The molecule has 0 saturated carbocycles. The van der Waals surface area contributed by atoms with E-state index in [4.69, 9.17) is 12.2 Å². The van der Waals surface area contributed by atoms with Gasteiger partial charge < -0.3 is 0 Å². The summed E-state index contributed by atoms with van der Waals surface area (Å²) in [5.41, 5.74) is 0.532. The van der Waals surface area contributed by atoms with Gasteiger partial charge >= 0.3 is 0 Å². The topological polar surface area (TPSA) is 84.7 Å². The zero-order chi connectivity index (χ0) is 18.7. The number of carbonyl (C=O) groups is 1. The van der Waals surface area contributed by atoms with Crippen molar-refractivity contribution < 1.29 is 4.79 Å². The summed E-state index contributed by atoms with van der Waals surface area (Å²) in [6.07, 6.45) is 0. The van der Waals surface area contributed by atoms with E-state index < -0.39 is 0 Å². The number of fused-ring (bicyclic) bond motifs is 1. The molecule has 0 saturated heterocycles. The van der Waals surface area contributed by atoms with Crippen molar-refractivity contribution in [2.45, 2.75) is 20.4 Å². The van der Waals surface area contributed by atoms with Crippen molar-refractivity contribution in [2.24, 2.45) is 5.92 Å². The van der Waals surface area contributed by atoms with Crippen LogP contribution in [0, 0.1) is 5.92 Å². The summed E-state index contributed by atoms with van der Waals surface area (Å²) in [6.45, 7) is 4.77. The van der Waals surface area contributed by atoms with Gasteiger partial charge in [0.1, 0.15) is 0 Å². The van der Waals surface area contributed by atoms with Crippen LogP contribution in [0.25, 0.3) is 10.8 Å². The Morgan fingerprint density at radius 2 is 1.96 bits per heavy atom. The molecule has 0 aliphatic rings. The van der Waals surface area contributed by atoms with Gasteiger partial charge in [-0.3, -0.25) is 15.4 Å². The van der Waals surface area contributed by atoms with Gasteiger partial charge in [0.05, 0.1) is 6.54 Å². The van der Waals surface area contributed by atoms with E-state index in [0.29, 0.717) is 18.0 Å². The molecule has 0 bridgehead atoms. The minimum absolute atomic E-state index is 0.117. The minimum Gasteiger partial charge on any atom is -0.299 e. The third kappa shape index (κ3) is 4.23. The predicted molar refractivity (Wildman–Crippen MR) is 108 cm³/mol. The molecule has 2 aromatic carbocycles. The molecule has 0 spiro atoms. The molecule has 1 aromatic heterocycles. The van der Waals surface area contributed by atoms with E-state index in [1.54, 1.807) is 6.07 Å². The summed E-state index contributed by atoms with van der Waals surface area (Å²) in [5, 5.41) is 19.3. The number of anilines is 1. The molecule has 0 unspecified atom stereocenters. The van der Waals surface area contributed by atoms with Gasteiger partial charge in [0.25, 0.3) is 11.9 Å². The van der Waals surface area contributed by atoms with Gasteiger partial charge in [-0.25, -0.2) is 0 Å². The van der Waals surface area contributed by atoms with Gasteiger partial charge in [-0.05, 0) is 46.3 Å². The van der Waals surface area contributed by atoms with Crippen molar-refractivity contribution in [3.63, 3.8) is 0 Å². The Morgan fingerprint density at radius 3 is 2.73 bits per heavy atom. The Hall–Kier alpha value is -2.39. The maximum Gasteiger partial charge on any atom is 0.269 e. The van der Waals surface area contributed by atoms with E-state index in [9.17, 15) is 4.79 Å². The lowest BCUT2D eigenvalue weighted by molar-refractivity contribution is 0.0979. The highest BCUT2D eigenvalue weighted by Crippen LogP contribution is 2.26. The molecule has 3 aromatic rings. The molecule has 0 aliphatic heterocycles. The van der Waals surface area contributed by atoms with Gasteiger partial charge in [-0.1, -0.05) is 59.1 Å². The average Bonchev–Trinajstić information content (AvgIpc) is 3.00. The third-order valence-electron chi connectivity index (χ3n) is 3.55. The molecule has 134 valence electrons. The number of tetrazole rings is 1. The third-order valence-corrected chi connectivity index (χ3v) is 4.44. The molecule has 0 atom stereocenters. The van der Waals surface area contributed by atoms with Crippen LogP contribution in [-0.2, 0) is 6.54 Å². The first-order valence-electron chi connectivity index (χ1n) is 8.01. The predicted octanol–water partition coefficient (Wildman–Crippen LogP) is 3.37. The monoisotopic (exact) mass is 432 g/mol. The molecule has 7 nitrogen and oxygen atoms in total. The second-order valence-electron chi connectivity index (χ2n) is 6.11. The number of carbonyl (C=O) groups excluding carboxylic acids is 1. The largest absolute Gasteiger partial charge is 0.299 e. The number of amides is 1. The van der Waals surface area contributed by atoms with Crippen LogP contribution in [0.4, 0.5) is 5.95 Å². The standard InChI is InChI=1S/C17H17BrN6OS/c1-10(2)9-24-22-16(21-23-24)20-17(26)19-15(25)13-7-3-6-12-11(13)5-4-8-14(12)18/h3-8,10H,9H2,1-2H3,(H2,19,20,22,25,26). The molecule has 0 fully saturated rings. The number of nitrogens with zero attached hydrogens (tertiary/aromatic N) is 4. The molecular formula is C17H17BrN6OS. The van der Waals surface area contributed by atoms with Crippen molar-refractivity contribution in [3.05, 3.63) is 46.4 Å². The van der Waals surface area contributed by atoms with Crippen LogP contribution in [0.1, 0.15) is 24.2 Å². The lowest BCUT2D eigenvalue weighted by Gasteiger charge is -2.09. The summed E-state index contributed by atoms with van der Waals surface area (Å²) >= 11 is 8.69. The molecule has 0 radical (unpaired) electrons. The number of rotatable bonds is 4. The first-order valence-corrected chi connectivity index (χ1v) is 9.21. The maximum atomic E-state index is 12.6. The summed E-state index contributed by atoms with van der Waals surface area (Å²) in [5.74, 6) is 0.340. The fourth-order valence-electron chi connectivity index (χ4n) is 2.47. The molecule has 2 N–H and O–H groups in total. The van der Waals surface area contributed by atoms with Crippen molar-refractivity contribution in [3.8, 4) is 0 Å². The van der Waals surface area contributed by atoms with Gasteiger partial charge in [0.2, 0.25) is 0 Å². The van der Waals surface area contributed by atoms with Crippen LogP contribution >= 0.6 is 28.1 Å². The first kappa shape index (κ1) is 18.4. The van der Waals surface area contributed by atoms with E-state index in [0.717, 1.165) is 15.2 Å². The molecule has 1 amide bonds. The zero-order valence-corrected chi connectivity index (χ0v) is 16.6. The minimum atomic E-state index is -0.305. The van der Waals surface area contributed by atoms with Crippen LogP contribution in [0.3, 0.4) is 0 Å². The second kappa shape index (κ2) is 7.88. The number of halogens is 1. The highest BCUT2D eigenvalue weighted by Gasteiger charge is 2.13. The lowest BCUT2D eigenvalue weighted by Crippen LogP contribution is -2.34. The normalized spacial score (nSPS) is 10.9. The van der Waals surface area contributed by atoms with Crippen molar-refractivity contribution >= 4 is 55.9 Å². The van der Waals surface area contributed by atoms with E-state index >= 15 is 0 Å². The van der Waals surface area contributed by atoms with Gasteiger partial charge in [0, 0.05) is 10.0 Å². The Kier molecular flexibility index (Phi) is 5.58. The Bertz CT molecular complexity index is 971. The van der Waals surface area contributed by atoms with Crippen LogP contribution in [0.15, 0.2) is 40.9 Å². The fraction of sp³-hybridized carbons (Fsp3) is 0.235. The summed E-state index contributed by atoms with van der Waals surface area (Å²) in [4.78, 5) is 14.1. The van der Waals surface area contributed by atoms with Gasteiger partial charge in [-0.15, -0.1) is 5.10 Å². The Balaban J connectivity index is 1.71. The van der Waals surface area contributed by atoms with Crippen LogP contribution in [0.2, 0.25) is 0 Å². The fourth-order valence-corrected chi connectivity index (χ4v) is 3.15. The number of benzene rings is 2. The first-order chi connectivity index (χ1) is 12.4.